The summed E-state index contributed by atoms with van der Waals surface area (Å²) in [5.41, 5.74) is 6.72. The zero-order valence-electron chi connectivity index (χ0n) is 10.5. The number of nitrogen functional groups attached to an aromatic ring is 1. The van der Waals surface area contributed by atoms with E-state index in [1.807, 2.05) is 0 Å². The number of ether oxygens (including phenoxy) is 1. The third kappa shape index (κ3) is 3.58. The maximum Gasteiger partial charge on any atom is 0.241 e. The van der Waals surface area contributed by atoms with Gasteiger partial charge in [0.25, 0.3) is 0 Å². The molecule has 0 saturated heterocycles. The molecule has 102 valence electrons. The second-order valence-electron chi connectivity index (χ2n) is 4.10. The minimum atomic E-state index is -3.64. The van der Waals surface area contributed by atoms with Gasteiger partial charge in [0.05, 0.1) is 11.5 Å². The highest BCUT2D eigenvalue weighted by Gasteiger charge is 2.19. The van der Waals surface area contributed by atoms with Crippen molar-refractivity contribution < 1.29 is 13.2 Å². The summed E-state index contributed by atoms with van der Waals surface area (Å²) >= 11 is 5.93. The van der Waals surface area contributed by atoms with Gasteiger partial charge in [0.1, 0.15) is 0 Å². The van der Waals surface area contributed by atoms with Crippen molar-refractivity contribution in [3.63, 3.8) is 0 Å². The molecule has 1 unspecified atom stereocenters. The maximum atomic E-state index is 12.1. The molecule has 0 radical (unpaired) electrons. The monoisotopic (exact) mass is 292 g/mol. The zero-order valence-corrected chi connectivity index (χ0v) is 12.1. The van der Waals surface area contributed by atoms with Crippen molar-refractivity contribution in [2.75, 3.05) is 19.5 Å². The van der Waals surface area contributed by atoms with E-state index < -0.39 is 10.0 Å². The first-order valence-electron chi connectivity index (χ1n) is 5.35. The van der Waals surface area contributed by atoms with E-state index >= 15 is 0 Å². The number of hydrogen-bond acceptors (Lipinski definition) is 4. The summed E-state index contributed by atoms with van der Waals surface area (Å²) in [7, 11) is -2.13. The van der Waals surface area contributed by atoms with Crippen LogP contribution in [0.1, 0.15) is 12.5 Å². The second kappa shape index (κ2) is 5.88. The number of methoxy groups -OCH3 is 1. The molecular weight excluding hydrogens is 276 g/mol. The van der Waals surface area contributed by atoms with Gasteiger partial charge in [-0.3, -0.25) is 0 Å². The third-order valence-electron chi connectivity index (χ3n) is 2.44. The van der Waals surface area contributed by atoms with E-state index in [1.54, 1.807) is 13.8 Å². The van der Waals surface area contributed by atoms with Crippen LogP contribution < -0.4 is 10.5 Å². The van der Waals surface area contributed by atoms with Gasteiger partial charge >= 0.3 is 0 Å². The Morgan fingerprint density at radius 2 is 2.11 bits per heavy atom. The molecular formula is C11H17ClN2O3S. The van der Waals surface area contributed by atoms with E-state index in [0.29, 0.717) is 16.3 Å². The number of benzene rings is 1. The van der Waals surface area contributed by atoms with Gasteiger partial charge in [-0.15, -0.1) is 0 Å². The van der Waals surface area contributed by atoms with E-state index in [0.717, 1.165) is 0 Å². The SMILES string of the molecule is COCC(C)NS(=O)(=O)c1cc(N)c(C)c(Cl)c1. The van der Waals surface area contributed by atoms with Crippen LogP contribution in [0.25, 0.3) is 0 Å². The smallest absolute Gasteiger partial charge is 0.241 e. The molecule has 0 aliphatic rings. The molecule has 0 heterocycles. The molecule has 0 saturated carbocycles. The predicted octanol–water partition coefficient (Wildman–Crippen LogP) is 1.54. The summed E-state index contributed by atoms with van der Waals surface area (Å²) in [6.07, 6.45) is 0. The fraction of sp³-hybridized carbons (Fsp3) is 0.455. The molecule has 0 aliphatic heterocycles. The molecule has 0 spiro atoms. The van der Waals surface area contributed by atoms with Crippen molar-refractivity contribution in [1.29, 1.82) is 0 Å². The van der Waals surface area contributed by atoms with Gasteiger partial charge in [-0.25, -0.2) is 13.1 Å². The van der Waals surface area contributed by atoms with Crippen LogP contribution in [0.3, 0.4) is 0 Å². The molecule has 1 atom stereocenters. The molecule has 3 N–H and O–H groups in total. The van der Waals surface area contributed by atoms with Crippen LogP contribution in [0, 0.1) is 6.92 Å². The van der Waals surface area contributed by atoms with Crippen LogP contribution in [0.15, 0.2) is 17.0 Å². The summed E-state index contributed by atoms with van der Waals surface area (Å²) in [4.78, 5) is 0.0542. The summed E-state index contributed by atoms with van der Waals surface area (Å²) in [6.45, 7) is 3.73. The highest BCUT2D eigenvalue weighted by atomic mass is 35.5. The molecule has 5 nitrogen and oxygen atoms in total. The van der Waals surface area contributed by atoms with Gasteiger partial charge in [-0.05, 0) is 31.5 Å². The number of rotatable bonds is 5. The lowest BCUT2D eigenvalue weighted by Gasteiger charge is -2.14. The first-order valence-corrected chi connectivity index (χ1v) is 7.21. The minimum Gasteiger partial charge on any atom is -0.398 e. The van der Waals surface area contributed by atoms with Gasteiger partial charge in [-0.1, -0.05) is 11.6 Å². The number of hydrogen-bond donors (Lipinski definition) is 2. The number of nitrogens with one attached hydrogen (secondary N) is 1. The van der Waals surface area contributed by atoms with Crippen molar-refractivity contribution in [2.24, 2.45) is 0 Å². The van der Waals surface area contributed by atoms with E-state index in [2.05, 4.69) is 4.72 Å². The lowest BCUT2D eigenvalue weighted by atomic mass is 10.2. The Kier molecular flexibility index (Phi) is 4.98. The first-order chi connectivity index (χ1) is 8.27. The predicted molar refractivity (Wildman–Crippen MR) is 72.3 cm³/mol. The lowest BCUT2D eigenvalue weighted by molar-refractivity contribution is 0.180. The molecule has 0 aliphatic carbocycles. The minimum absolute atomic E-state index is 0.0542. The Balaban J connectivity index is 3.06. The van der Waals surface area contributed by atoms with Crippen LogP contribution in [0.5, 0.6) is 0 Å². The molecule has 0 bridgehead atoms. The van der Waals surface area contributed by atoms with E-state index in [-0.39, 0.29) is 17.5 Å². The summed E-state index contributed by atoms with van der Waals surface area (Å²) < 4.78 is 31.5. The van der Waals surface area contributed by atoms with Crippen LogP contribution >= 0.6 is 11.6 Å². The Bertz CT molecular complexity index is 508. The Hall–Kier alpha value is -0.820. The summed E-state index contributed by atoms with van der Waals surface area (Å²) in [6, 6.07) is 2.44. The van der Waals surface area contributed by atoms with Crippen LogP contribution in [0.4, 0.5) is 5.69 Å². The van der Waals surface area contributed by atoms with Crippen molar-refractivity contribution in [3.8, 4) is 0 Å². The molecule has 1 rings (SSSR count). The fourth-order valence-corrected chi connectivity index (χ4v) is 3.03. The molecule has 0 amide bonds. The van der Waals surface area contributed by atoms with Crippen LogP contribution in [0.2, 0.25) is 5.02 Å². The molecule has 1 aromatic carbocycles. The normalized spacial score (nSPS) is 13.6. The van der Waals surface area contributed by atoms with Crippen molar-refractivity contribution in [2.45, 2.75) is 24.8 Å². The quantitative estimate of drug-likeness (QED) is 0.807. The second-order valence-corrected chi connectivity index (χ2v) is 6.22. The number of sulfonamides is 1. The van der Waals surface area contributed by atoms with E-state index in [9.17, 15) is 8.42 Å². The van der Waals surface area contributed by atoms with Crippen molar-refractivity contribution in [3.05, 3.63) is 22.7 Å². The average Bonchev–Trinajstić information content (AvgIpc) is 2.24. The maximum absolute atomic E-state index is 12.1. The highest BCUT2D eigenvalue weighted by molar-refractivity contribution is 7.89. The topological polar surface area (TPSA) is 81.4 Å². The van der Waals surface area contributed by atoms with Gasteiger partial charge < -0.3 is 10.5 Å². The van der Waals surface area contributed by atoms with E-state index in [4.69, 9.17) is 22.1 Å². The number of nitrogens with two attached hydrogens (primary N) is 1. The Labute approximate surface area is 112 Å². The fourth-order valence-electron chi connectivity index (χ4n) is 1.45. The van der Waals surface area contributed by atoms with Gasteiger partial charge in [0.15, 0.2) is 0 Å². The molecule has 18 heavy (non-hydrogen) atoms. The highest BCUT2D eigenvalue weighted by Crippen LogP contribution is 2.25. The summed E-state index contributed by atoms with van der Waals surface area (Å²) in [5.74, 6) is 0. The molecule has 0 aromatic heterocycles. The van der Waals surface area contributed by atoms with Crippen molar-refractivity contribution in [1.82, 2.24) is 4.72 Å². The van der Waals surface area contributed by atoms with Gasteiger partial charge in [0.2, 0.25) is 10.0 Å². The lowest BCUT2D eigenvalue weighted by Crippen LogP contribution is -2.35. The van der Waals surface area contributed by atoms with Crippen molar-refractivity contribution >= 4 is 27.3 Å². The standard InChI is InChI=1S/C11H17ClN2O3S/c1-7(6-17-3)14-18(15,16)9-4-10(12)8(2)11(13)5-9/h4-5,7,14H,6,13H2,1-3H3. The van der Waals surface area contributed by atoms with Gasteiger partial charge in [0, 0.05) is 23.9 Å². The van der Waals surface area contributed by atoms with Crippen LogP contribution in [-0.2, 0) is 14.8 Å². The largest absolute Gasteiger partial charge is 0.398 e. The zero-order chi connectivity index (χ0) is 13.9. The third-order valence-corrected chi connectivity index (χ3v) is 4.40. The Morgan fingerprint density at radius 3 is 2.61 bits per heavy atom. The summed E-state index contributed by atoms with van der Waals surface area (Å²) in [5, 5.41) is 0.328. The Morgan fingerprint density at radius 1 is 1.50 bits per heavy atom. The molecule has 7 heteroatoms. The number of anilines is 1. The average molecular weight is 293 g/mol. The van der Waals surface area contributed by atoms with Crippen LogP contribution in [-0.4, -0.2) is 28.2 Å². The first kappa shape index (κ1) is 15.2. The van der Waals surface area contributed by atoms with E-state index in [1.165, 1.54) is 19.2 Å². The molecule has 1 aromatic rings. The molecule has 0 fully saturated rings. The number of halogens is 1. The van der Waals surface area contributed by atoms with Gasteiger partial charge in [-0.2, -0.15) is 0 Å².